The highest BCUT2D eigenvalue weighted by Gasteiger charge is 2.20. The Bertz CT molecular complexity index is 248. The van der Waals surface area contributed by atoms with Gasteiger partial charge >= 0.3 is 5.97 Å². The second-order valence-corrected chi connectivity index (χ2v) is 4.58. The molecule has 0 fully saturated rings. The smallest absolute Gasteiger partial charge is 0.320 e. The number of halogens is 1. The largest absolute Gasteiger partial charge is 0.468 e. The van der Waals surface area contributed by atoms with Crippen molar-refractivity contribution in [2.24, 2.45) is 0 Å². The highest BCUT2D eigenvalue weighted by molar-refractivity contribution is 9.10. The summed E-state index contributed by atoms with van der Waals surface area (Å²) < 4.78 is 4.55. The Morgan fingerprint density at radius 1 is 1.50 bits per heavy atom. The summed E-state index contributed by atoms with van der Waals surface area (Å²) in [6.07, 6.45) is 0. The molecule has 0 aromatic rings. The average molecular weight is 295 g/mol. The highest BCUT2D eigenvalue weighted by Crippen LogP contribution is 2.01. The molecular weight excluding hydrogens is 276 g/mol. The Labute approximate surface area is 105 Å². The number of carbonyl (C=O) groups is 2. The first kappa shape index (κ1) is 15.4. The van der Waals surface area contributed by atoms with E-state index in [-0.39, 0.29) is 17.9 Å². The Kier molecular flexibility index (Phi) is 7.33. The summed E-state index contributed by atoms with van der Waals surface area (Å²) in [5.41, 5.74) is 0. The third-order valence-corrected chi connectivity index (χ3v) is 2.98. The maximum atomic E-state index is 11.7. The first-order chi connectivity index (χ1) is 7.43. The van der Waals surface area contributed by atoms with Crippen LogP contribution in [0.2, 0.25) is 0 Å². The molecule has 1 amide bonds. The van der Waals surface area contributed by atoms with Crippen LogP contribution in [0.1, 0.15) is 13.8 Å². The van der Waals surface area contributed by atoms with Gasteiger partial charge in [0.25, 0.3) is 0 Å². The minimum absolute atomic E-state index is 0.00654. The molecule has 16 heavy (non-hydrogen) atoms. The SMILES string of the molecule is CCN(C)C(=O)C(C)NCC(Br)C(=O)OC. The van der Waals surface area contributed by atoms with E-state index in [1.807, 2.05) is 6.92 Å². The molecule has 2 unspecified atom stereocenters. The van der Waals surface area contributed by atoms with E-state index in [9.17, 15) is 9.59 Å². The van der Waals surface area contributed by atoms with Crippen LogP contribution < -0.4 is 5.32 Å². The van der Waals surface area contributed by atoms with Crippen LogP contribution >= 0.6 is 15.9 Å². The summed E-state index contributed by atoms with van der Waals surface area (Å²) in [6.45, 7) is 4.70. The van der Waals surface area contributed by atoms with Gasteiger partial charge in [-0.25, -0.2) is 0 Å². The zero-order valence-corrected chi connectivity index (χ0v) is 11.7. The Balaban J connectivity index is 4.02. The van der Waals surface area contributed by atoms with Crippen LogP contribution in [0.5, 0.6) is 0 Å². The maximum absolute atomic E-state index is 11.7. The Hall–Kier alpha value is -0.620. The van der Waals surface area contributed by atoms with Crippen LogP contribution in [0.15, 0.2) is 0 Å². The van der Waals surface area contributed by atoms with Gasteiger partial charge in [0.15, 0.2) is 0 Å². The zero-order valence-electron chi connectivity index (χ0n) is 10.1. The summed E-state index contributed by atoms with van der Waals surface area (Å²) >= 11 is 3.17. The minimum atomic E-state index is -0.431. The molecule has 0 saturated heterocycles. The van der Waals surface area contributed by atoms with Crippen LogP contribution in [0.3, 0.4) is 0 Å². The van der Waals surface area contributed by atoms with Crippen molar-refractivity contribution in [3.8, 4) is 0 Å². The van der Waals surface area contributed by atoms with E-state index < -0.39 is 4.83 Å². The number of rotatable bonds is 6. The van der Waals surface area contributed by atoms with Gasteiger partial charge in [0.05, 0.1) is 13.2 Å². The van der Waals surface area contributed by atoms with Crippen molar-refractivity contribution in [3.05, 3.63) is 0 Å². The molecule has 0 aliphatic rings. The first-order valence-corrected chi connectivity index (χ1v) is 6.05. The topological polar surface area (TPSA) is 58.6 Å². The normalized spacial score (nSPS) is 14.1. The van der Waals surface area contributed by atoms with Crippen molar-refractivity contribution in [3.63, 3.8) is 0 Å². The predicted molar refractivity (Wildman–Crippen MR) is 65.5 cm³/mol. The number of nitrogens with zero attached hydrogens (tertiary/aromatic N) is 1. The van der Waals surface area contributed by atoms with Gasteiger partial charge in [-0.3, -0.25) is 9.59 Å². The molecule has 0 rings (SSSR count). The minimum Gasteiger partial charge on any atom is -0.468 e. The molecule has 0 aromatic carbocycles. The molecule has 0 saturated carbocycles. The number of hydrogen-bond acceptors (Lipinski definition) is 4. The molecule has 0 aromatic heterocycles. The van der Waals surface area contributed by atoms with Crippen LogP contribution in [-0.4, -0.2) is 54.9 Å². The number of ether oxygens (including phenoxy) is 1. The molecule has 0 aliphatic heterocycles. The van der Waals surface area contributed by atoms with Gasteiger partial charge in [-0.05, 0) is 13.8 Å². The zero-order chi connectivity index (χ0) is 12.7. The molecule has 0 heterocycles. The molecule has 0 radical (unpaired) electrons. The van der Waals surface area contributed by atoms with Crippen molar-refractivity contribution >= 4 is 27.8 Å². The third kappa shape index (κ3) is 4.94. The molecule has 5 nitrogen and oxygen atoms in total. The van der Waals surface area contributed by atoms with Gasteiger partial charge < -0.3 is 15.0 Å². The van der Waals surface area contributed by atoms with Gasteiger partial charge in [-0.15, -0.1) is 0 Å². The van der Waals surface area contributed by atoms with E-state index in [0.29, 0.717) is 13.1 Å². The molecule has 1 N–H and O–H groups in total. The summed E-state index contributed by atoms with van der Waals surface area (Å²) in [5, 5.41) is 2.97. The Morgan fingerprint density at radius 2 is 2.06 bits per heavy atom. The van der Waals surface area contributed by atoms with E-state index >= 15 is 0 Å². The van der Waals surface area contributed by atoms with Crippen LogP contribution in [-0.2, 0) is 14.3 Å². The third-order valence-electron chi connectivity index (χ3n) is 2.28. The average Bonchev–Trinajstić information content (AvgIpc) is 2.32. The molecule has 94 valence electrons. The van der Waals surface area contributed by atoms with Gasteiger partial charge in [0.2, 0.25) is 5.91 Å². The lowest BCUT2D eigenvalue weighted by Crippen LogP contribution is -2.45. The Morgan fingerprint density at radius 3 is 2.50 bits per heavy atom. The fourth-order valence-corrected chi connectivity index (χ4v) is 1.44. The van der Waals surface area contributed by atoms with Gasteiger partial charge in [-0.2, -0.15) is 0 Å². The predicted octanol–water partition coefficient (Wildman–Crippen LogP) is 0.379. The van der Waals surface area contributed by atoms with Gasteiger partial charge in [-0.1, -0.05) is 15.9 Å². The second-order valence-electron chi connectivity index (χ2n) is 3.47. The number of nitrogens with one attached hydrogen (secondary N) is 1. The number of hydrogen-bond donors (Lipinski definition) is 1. The van der Waals surface area contributed by atoms with Crippen molar-refractivity contribution in [2.75, 3.05) is 27.2 Å². The van der Waals surface area contributed by atoms with Crippen molar-refractivity contribution in [1.29, 1.82) is 0 Å². The highest BCUT2D eigenvalue weighted by atomic mass is 79.9. The number of alkyl halides is 1. The molecule has 6 heteroatoms. The fourth-order valence-electron chi connectivity index (χ4n) is 1.07. The lowest BCUT2D eigenvalue weighted by atomic mass is 10.3. The van der Waals surface area contributed by atoms with Crippen LogP contribution in [0.25, 0.3) is 0 Å². The molecule has 0 spiro atoms. The maximum Gasteiger partial charge on any atom is 0.320 e. The summed E-state index contributed by atoms with van der Waals surface area (Å²) in [6, 6.07) is -0.311. The van der Waals surface area contributed by atoms with Crippen molar-refractivity contribution in [1.82, 2.24) is 10.2 Å². The monoisotopic (exact) mass is 294 g/mol. The van der Waals surface area contributed by atoms with Gasteiger partial charge in [0, 0.05) is 20.1 Å². The van der Waals surface area contributed by atoms with E-state index in [4.69, 9.17) is 0 Å². The molecule has 0 aliphatic carbocycles. The van der Waals surface area contributed by atoms with E-state index in [0.717, 1.165) is 0 Å². The lowest BCUT2D eigenvalue weighted by Gasteiger charge is -2.21. The molecule has 0 bridgehead atoms. The number of methoxy groups -OCH3 is 1. The quantitative estimate of drug-likeness (QED) is 0.568. The number of amides is 1. The summed E-state index contributed by atoms with van der Waals surface area (Å²) in [5.74, 6) is -0.344. The van der Waals surface area contributed by atoms with Gasteiger partial charge in [0.1, 0.15) is 4.83 Å². The molecule has 2 atom stereocenters. The second kappa shape index (κ2) is 7.62. The first-order valence-electron chi connectivity index (χ1n) is 5.14. The number of esters is 1. The summed E-state index contributed by atoms with van der Waals surface area (Å²) in [4.78, 5) is 23.9. The number of likely N-dealkylation sites (N-methyl/N-ethyl adjacent to an activating group) is 1. The van der Waals surface area contributed by atoms with Crippen LogP contribution in [0.4, 0.5) is 0 Å². The standard InChI is InChI=1S/C10H19BrN2O3/c1-5-13(3)9(14)7(2)12-6-8(11)10(15)16-4/h7-8,12H,5-6H2,1-4H3. The summed E-state index contributed by atoms with van der Waals surface area (Å²) in [7, 11) is 3.07. The fraction of sp³-hybridized carbons (Fsp3) is 0.800. The lowest BCUT2D eigenvalue weighted by molar-refractivity contribution is -0.140. The van der Waals surface area contributed by atoms with E-state index in [2.05, 4.69) is 26.0 Å². The van der Waals surface area contributed by atoms with Crippen molar-refractivity contribution < 1.29 is 14.3 Å². The number of carbonyl (C=O) groups excluding carboxylic acids is 2. The van der Waals surface area contributed by atoms with E-state index in [1.165, 1.54) is 7.11 Å². The molecular formula is C10H19BrN2O3. The van der Waals surface area contributed by atoms with E-state index in [1.54, 1.807) is 18.9 Å². The van der Waals surface area contributed by atoms with Crippen molar-refractivity contribution in [2.45, 2.75) is 24.7 Å². The van der Waals surface area contributed by atoms with Crippen LogP contribution in [0, 0.1) is 0 Å².